The van der Waals surface area contributed by atoms with Crippen LogP contribution in [-0.2, 0) is 4.74 Å². The summed E-state index contributed by atoms with van der Waals surface area (Å²) in [7, 11) is 0. The van der Waals surface area contributed by atoms with Gasteiger partial charge >= 0.3 is 0 Å². The Morgan fingerprint density at radius 2 is 2.17 bits per heavy atom. The van der Waals surface area contributed by atoms with Crippen molar-refractivity contribution in [1.82, 2.24) is 14.8 Å². The molecule has 2 atom stereocenters. The molecule has 1 aromatic rings. The minimum Gasteiger partial charge on any atom is -0.473 e. The minimum atomic E-state index is 0.213. The molecule has 5 nitrogen and oxygen atoms in total. The first-order valence-electron chi connectivity index (χ1n) is 8.53. The molecule has 0 unspecified atom stereocenters. The summed E-state index contributed by atoms with van der Waals surface area (Å²) < 4.78 is 11.5. The van der Waals surface area contributed by atoms with E-state index in [1.54, 1.807) is 6.20 Å². The van der Waals surface area contributed by atoms with E-state index < -0.39 is 0 Å². The number of rotatable bonds is 5. The fourth-order valence-electron chi connectivity index (χ4n) is 3.34. The summed E-state index contributed by atoms with van der Waals surface area (Å²) in [5.41, 5.74) is 0. The van der Waals surface area contributed by atoms with Crippen LogP contribution in [0.1, 0.15) is 19.8 Å². The van der Waals surface area contributed by atoms with Crippen molar-refractivity contribution in [3.63, 3.8) is 0 Å². The first-order valence-corrected chi connectivity index (χ1v) is 8.91. The molecule has 6 heteroatoms. The Morgan fingerprint density at radius 1 is 1.35 bits per heavy atom. The van der Waals surface area contributed by atoms with Crippen molar-refractivity contribution < 1.29 is 9.47 Å². The number of likely N-dealkylation sites (tertiary alicyclic amines) is 1. The van der Waals surface area contributed by atoms with Crippen LogP contribution in [0, 0.1) is 0 Å². The number of ether oxygens (including phenoxy) is 2. The Labute approximate surface area is 143 Å². The molecule has 0 aromatic carbocycles. The zero-order chi connectivity index (χ0) is 16.1. The molecule has 2 saturated heterocycles. The van der Waals surface area contributed by atoms with E-state index in [9.17, 15) is 0 Å². The maximum atomic E-state index is 6.04. The molecule has 128 valence electrons. The molecule has 0 saturated carbocycles. The lowest BCUT2D eigenvalue weighted by atomic mass is 10.1. The Bertz CT molecular complexity index is 479. The number of aromatic nitrogens is 1. The zero-order valence-corrected chi connectivity index (χ0v) is 14.5. The molecule has 0 aliphatic carbocycles. The number of hydrogen-bond acceptors (Lipinski definition) is 5. The summed E-state index contributed by atoms with van der Waals surface area (Å²) in [5.74, 6) is 0.669. The second-order valence-electron chi connectivity index (χ2n) is 6.45. The van der Waals surface area contributed by atoms with Gasteiger partial charge in [-0.05, 0) is 32.4 Å². The van der Waals surface area contributed by atoms with Crippen molar-refractivity contribution in [2.45, 2.75) is 31.9 Å². The maximum Gasteiger partial charge on any atom is 0.213 e. The second-order valence-corrected chi connectivity index (χ2v) is 6.89. The maximum absolute atomic E-state index is 6.04. The summed E-state index contributed by atoms with van der Waals surface area (Å²) >= 11 is 5.87. The van der Waals surface area contributed by atoms with Crippen molar-refractivity contribution in [2.24, 2.45) is 0 Å². The molecular weight excluding hydrogens is 314 g/mol. The van der Waals surface area contributed by atoms with E-state index in [0.29, 0.717) is 16.9 Å². The van der Waals surface area contributed by atoms with Gasteiger partial charge in [0.15, 0.2) is 0 Å². The topological polar surface area (TPSA) is 37.8 Å². The summed E-state index contributed by atoms with van der Waals surface area (Å²) in [4.78, 5) is 9.28. The number of piperidine rings is 1. The third-order valence-electron chi connectivity index (χ3n) is 4.65. The summed E-state index contributed by atoms with van der Waals surface area (Å²) in [6.45, 7) is 9.36. The highest BCUT2D eigenvalue weighted by molar-refractivity contribution is 6.30. The van der Waals surface area contributed by atoms with Crippen LogP contribution in [0.3, 0.4) is 0 Å². The largest absolute Gasteiger partial charge is 0.473 e. The normalized spacial score (nSPS) is 25.2. The average Bonchev–Trinajstić information content (AvgIpc) is 2.58. The lowest BCUT2D eigenvalue weighted by molar-refractivity contribution is 0.0112. The molecule has 0 bridgehead atoms. The van der Waals surface area contributed by atoms with E-state index in [2.05, 4.69) is 21.7 Å². The van der Waals surface area contributed by atoms with E-state index in [0.717, 1.165) is 52.4 Å². The Kier molecular flexibility index (Phi) is 6.11. The molecular formula is C17H26ClN3O2. The molecule has 23 heavy (non-hydrogen) atoms. The van der Waals surface area contributed by atoms with Crippen molar-refractivity contribution in [3.8, 4) is 5.88 Å². The highest BCUT2D eigenvalue weighted by Gasteiger charge is 2.26. The number of nitrogens with zero attached hydrogens (tertiary/aromatic N) is 3. The number of morpholine rings is 1. The van der Waals surface area contributed by atoms with Crippen molar-refractivity contribution in [3.05, 3.63) is 23.4 Å². The molecule has 3 rings (SSSR count). The quantitative estimate of drug-likeness (QED) is 0.823. The van der Waals surface area contributed by atoms with Crippen LogP contribution < -0.4 is 4.74 Å². The van der Waals surface area contributed by atoms with E-state index >= 15 is 0 Å². The smallest absolute Gasteiger partial charge is 0.213 e. The predicted molar refractivity (Wildman–Crippen MR) is 91.2 cm³/mol. The lowest BCUT2D eigenvalue weighted by Crippen LogP contribution is -2.51. The number of hydrogen-bond donors (Lipinski definition) is 0. The molecule has 0 radical (unpaired) electrons. The fraction of sp³-hybridized carbons (Fsp3) is 0.706. The van der Waals surface area contributed by atoms with Crippen molar-refractivity contribution >= 4 is 11.6 Å². The van der Waals surface area contributed by atoms with Gasteiger partial charge in [-0.25, -0.2) is 4.98 Å². The first kappa shape index (κ1) is 17.0. The Morgan fingerprint density at radius 3 is 2.91 bits per heavy atom. The van der Waals surface area contributed by atoms with E-state index in [1.165, 1.54) is 6.42 Å². The van der Waals surface area contributed by atoms with E-state index in [-0.39, 0.29) is 6.10 Å². The van der Waals surface area contributed by atoms with Crippen LogP contribution >= 0.6 is 11.6 Å². The van der Waals surface area contributed by atoms with Crippen LogP contribution in [0.2, 0.25) is 5.02 Å². The van der Waals surface area contributed by atoms with Gasteiger partial charge < -0.3 is 9.47 Å². The number of halogens is 1. The second kappa shape index (κ2) is 8.29. The Hall–Kier alpha value is -0.880. The minimum absolute atomic E-state index is 0.213. The fourth-order valence-corrected chi connectivity index (χ4v) is 3.45. The number of pyridine rings is 1. The van der Waals surface area contributed by atoms with Crippen LogP contribution in [0.4, 0.5) is 0 Å². The standard InChI is InChI=1S/C17H26ClN3O2/c1-14(12-20-7-9-22-10-8-20)21-6-2-3-16(13-21)23-17-5-4-15(18)11-19-17/h4-5,11,14,16H,2-3,6-10,12-13H2,1H3/t14-,16+/m0/s1. The molecule has 2 aliphatic rings. The summed E-state index contributed by atoms with van der Waals surface area (Å²) in [6, 6.07) is 4.21. The Balaban J connectivity index is 1.49. The molecule has 2 aliphatic heterocycles. The van der Waals surface area contributed by atoms with Crippen molar-refractivity contribution in [2.75, 3.05) is 45.9 Å². The van der Waals surface area contributed by atoms with Gasteiger partial charge in [0.05, 0.1) is 18.2 Å². The molecule has 0 N–H and O–H groups in total. The van der Waals surface area contributed by atoms with Crippen LogP contribution in [0.15, 0.2) is 18.3 Å². The van der Waals surface area contributed by atoms with Gasteiger partial charge in [0.2, 0.25) is 5.88 Å². The lowest BCUT2D eigenvalue weighted by Gasteiger charge is -2.39. The third-order valence-corrected chi connectivity index (χ3v) is 4.87. The first-order chi connectivity index (χ1) is 11.2. The van der Waals surface area contributed by atoms with Crippen LogP contribution in [-0.4, -0.2) is 72.9 Å². The molecule has 1 aromatic heterocycles. The monoisotopic (exact) mass is 339 g/mol. The van der Waals surface area contributed by atoms with Gasteiger partial charge in [-0.1, -0.05) is 11.6 Å². The van der Waals surface area contributed by atoms with Crippen LogP contribution in [0.25, 0.3) is 0 Å². The van der Waals surface area contributed by atoms with Gasteiger partial charge in [0, 0.05) is 44.5 Å². The molecule has 2 fully saturated rings. The highest BCUT2D eigenvalue weighted by Crippen LogP contribution is 2.20. The zero-order valence-electron chi connectivity index (χ0n) is 13.8. The van der Waals surface area contributed by atoms with Gasteiger partial charge in [0.1, 0.15) is 6.10 Å². The van der Waals surface area contributed by atoms with Gasteiger partial charge in [0.25, 0.3) is 0 Å². The predicted octanol–water partition coefficient (Wildman–Crippen LogP) is 2.30. The van der Waals surface area contributed by atoms with Crippen LogP contribution in [0.5, 0.6) is 5.88 Å². The van der Waals surface area contributed by atoms with Gasteiger partial charge in [-0.3, -0.25) is 9.80 Å². The highest BCUT2D eigenvalue weighted by atomic mass is 35.5. The average molecular weight is 340 g/mol. The third kappa shape index (κ3) is 5.05. The van der Waals surface area contributed by atoms with E-state index in [1.807, 2.05) is 12.1 Å². The van der Waals surface area contributed by atoms with Gasteiger partial charge in [-0.15, -0.1) is 0 Å². The SMILES string of the molecule is C[C@@H](CN1CCOCC1)N1CCC[C@@H](Oc2ccc(Cl)cn2)C1. The summed E-state index contributed by atoms with van der Waals surface area (Å²) in [6.07, 6.45) is 4.11. The van der Waals surface area contributed by atoms with E-state index in [4.69, 9.17) is 21.1 Å². The molecule has 3 heterocycles. The summed E-state index contributed by atoms with van der Waals surface area (Å²) in [5, 5.41) is 0.641. The molecule has 0 amide bonds. The van der Waals surface area contributed by atoms with Crippen molar-refractivity contribution in [1.29, 1.82) is 0 Å². The molecule has 0 spiro atoms. The van der Waals surface area contributed by atoms with Gasteiger partial charge in [-0.2, -0.15) is 0 Å².